The van der Waals surface area contributed by atoms with E-state index in [-0.39, 0.29) is 89.6 Å². The molecule has 24 nitrogen and oxygen atoms in total. The molecule has 0 aromatic carbocycles. The largest absolute Gasteiger partial charge is 0.481 e. The van der Waals surface area contributed by atoms with Crippen LogP contribution in [0.3, 0.4) is 0 Å². The van der Waals surface area contributed by atoms with Crippen LogP contribution in [0.25, 0.3) is 0 Å². The molecule has 7 fully saturated rings. The molecule has 6 aliphatic carbocycles. The van der Waals surface area contributed by atoms with Crippen LogP contribution >= 0.6 is 11.8 Å². The molecule has 2 saturated heterocycles. The molecular formula is C60H93N7O17S. The lowest BCUT2D eigenvalue weighted by Crippen LogP contribution is -2.67. The molecule has 10 rings (SSSR count). The Kier molecular flexibility index (Phi) is 22.1. The van der Waals surface area contributed by atoms with E-state index in [0.29, 0.717) is 142 Å². The summed E-state index contributed by atoms with van der Waals surface area (Å²) in [5.41, 5.74) is 1.14. The Labute approximate surface area is 502 Å². The number of nitrogens with one attached hydrogen (secondary N) is 4. The third kappa shape index (κ3) is 15.1. The van der Waals surface area contributed by atoms with E-state index in [4.69, 9.17) is 47.7 Å². The zero-order chi connectivity index (χ0) is 59.6. The number of thioether (sulfide) groups is 1. The maximum Gasteiger partial charge on any atom is 0.407 e. The summed E-state index contributed by atoms with van der Waals surface area (Å²) < 4.78 is 53.6. The minimum absolute atomic E-state index is 0.0150. The molecule has 4 amide bonds. The Hall–Kier alpha value is -4.18. The first-order chi connectivity index (χ1) is 41.2. The number of aliphatic hydroxyl groups is 2. The number of carboxylic acids is 1. The fourth-order valence-electron chi connectivity index (χ4n) is 16.4. The number of ether oxygens (including phenoxy) is 9. The molecule has 4 heterocycles. The zero-order valence-electron chi connectivity index (χ0n) is 49.7. The molecule has 476 valence electrons. The molecule has 16 atom stereocenters. The van der Waals surface area contributed by atoms with Crippen LogP contribution in [-0.4, -0.2) is 206 Å². The van der Waals surface area contributed by atoms with Crippen LogP contribution in [-0.2, 0) is 76.4 Å². The van der Waals surface area contributed by atoms with Crippen molar-refractivity contribution in [3.8, 4) is 0 Å². The van der Waals surface area contributed by atoms with Crippen molar-refractivity contribution >= 4 is 41.7 Å². The van der Waals surface area contributed by atoms with Gasteiger partial charge in [0.2, 0.25) is 5.91 Å². The number of aryl methyl sites for hydroxylation is 1. The average molecular weight is 1220 g/mol. The quantitative estimate of drug-likeness (QED) is 0.0300. The molecule has 9 aliphatic rings. The fraction of sp³-hybridized carbons (Fsp3) is 0.850. The summed E-state index contributed by atoms with van der Waals surface area (Å²) in [5.74, 6) is 0.604. The van der Waals surface area contributed by atoms with Crippen molar-refractivity contribution in [1.29, 1.82) is 0 Å². The lowest BCUT2D eigenvalue weighted by molar-refractivity contribution is -0.245. The molecule has 85 heavy (non-hydrogen) atoms. The number of aliphatic carboxylic acids is 1. The van der Waals surface area contributed by atoms with Gasteiger partial charge in [0.15, 0.2) is 0 Å². The number of esters is 1. The zero-order valence-corrected chi connectivity index (χ0v) is 50.5. The van der Waals surface area contributed by atoms with Crippen molar-refractivity contribution in [3.63, 3.8) is 0 Å². The number of aromatic nitrogens is 3. The van der Waals surface area contributed by atoms with Crippen molar-refractivity contribution in [2.75, 3.05) is 106 Å². The first-order valence-electron chi connectivity index (χ1n) is 31.6. The maximum atomic E-state index is 12.7. The number of urea groups is 1. The van der Waals surface area contributed by atoms with Gasteiger partial charge in [-0.15, -0.1) is 16.9 Å². The molecular weight excluding hydrogens is 1120 g/mol. The van der Waals surface area contributed by atoms with Gasteiger partial charge in [0.25, 0.3) is 0 Å². The maximum absolute atomic E-state index is 12.7. The van der Waals surface area contributed by atoms with Gasteiger partial charge in [-0.2, -0.15) is 0 Å². The van der Waals surface area contributed by atoms with E-state index in [1.807, 2.05) is 11.6 Å². The molecule has 5 saturated carbocycles. The van der Waals surface area contributed by atoms with Crippen LogP contribution in [0.15, 0.2) is 11.6 Å². The minimum atomic E-state index is -1.01. The Morgan fingerprint density at radius 2 is 1.51 bits per heavy atom. The standard InChI is InChI=1S/C60H93N7O17S/c1-58-15-13-39(32-38(58)7-10-44-45(58)33-49(68)59(2)43(14-16-60(44,59)75)37-31-52(72)83-34-37)82-36-50(69)61-17-20-76-23-24-77-21-18-62-57(74)84-35-42-40-8-11-46-47(12-9-41(40)42)67(66-65-46)19-22-78-25-26-79-27-28-80-29-30-81-55-54-53(63-56(73)64-54)48(85-55)5-3-4-6-51(70)71/h31,38-45,48-49,53-55,68,75H,3-30,32-36H2,1-2H3,(H,61,69)(H,62,74)(H,70,71)(H2,63,64,73)/t38-,39+,40?,41?,42?,43-,44?,45-,48+,49-,53-,54-,55+,58+,59+,60+/m1/s1. The SMILES string of the molecule is C[C@]12CC[C@H](OCC(=O)NCCOCCOCCNC(=O)OCC3C4CCc5nnn(CCOCCOCCOCCO[C@H]6S[C@@H](CCCCC(=O)O)[C@H]7NC(=O)N[C@H]76)c5CCC43)C[C@H]1CCC1[C@H]2C[C@@H](O)[C@]2(C)[C@@H](C3=CC(=O)OC3)CC[C@]12O. The highest BCUT2D eigenvalue weighted by Gasteiger charge is 2.71. The summed E-state index contributed by atoms with van der Waals surface area (Å²) in [6.07, 6.45) is 12.9. The summed E-state index contributed by atoms with van der Waals surface area (Å²) in [7, 11) is 0. The van der Waals surface area contributed by atoms with Gasteiger partial charge in [0, 0.05) is 36.3 Å². The van der Waals surface area contributed by atoms with E-state index in [1.54, 1.807) is 17.8 Å². The van der Waals surface area contributed by atoms with Crippen molar-refractivity contribution < 1.29 is 81.9 Å². The number of nitrogens with zero attached hydrogens (tertiary/aromatic N) is 3. The first kappa shape index (κ1) is 63.8. The molecule has 0 radical (unpaired) electrons. The van der Waals surface area contributed by atoms with Crippen LogP contribution in [0.4, 0.5) is 9.59 Å². The third-order valence-electron chi connectivity index (χ3n) is 21.0. The summed E-state index contributed by atoms with van der Waals surface area (Å²) >= 11 is 1.68. The second kappa shape index (κ2) is 29.4. The number of carbonyl (C=O) groups excluding carboxylic acids is 4. The highest BCUT2D eigenvalue weighted by atomic mass is 32.2. The third-order valence-corrected chi connectivity index (χ3v) is 22.6. The molecule has 1 aromatic rings. The monoisotopic (exact) mass is 1220 g/mol. The van der Waals surface area contributed by atoms with Crippen LogP contribution < -0.4 is 21.3 Å². The van der Waals surface area contributed by atoms with Gasteiger partial charge in [0.05, 0.1) is 127 Å². The van der Waals surface area contributed by atoms with Crippen LogP contribution in [0, 0.1) is 52.3 Å². The number of cyclic esters (lactones) is 1. The fourth-order valence-corrected chi connectivity index (χ4v) is 18.0. The number of hydrogen-bond donors (Lipinski definition) is 7. The van der Waals surface area contributed by atoms with E-state index >= 15 is 0 Å². The van der Waals surface area contributed by atoms with E-state index in [0.717, 1.165) is 94.0 Å². The number of unbranched alkanes of at least 4 members (excludes halogenated alkanes) is 1. The van der Waals surface area contributed by atoms with Crippen molar-refractivity contribution in [2.24, 2.45) is 52.3 Å². The molecule has 25 heteroatoms. The summed E-state index contributed by atoms with van der Waals surface area (Å²) in [6, 6.07) is -0.355. The highest BCUT2D eigenvalue weighted by Crippen LogP contribution is 2.70. The Morgan fingerprint density at radius 3 is 2.25 bits per heavy atom. The van der Waals surface area contributed by atoms with Gasteiger partial charge in [0.1, 0.15) is 18.6 Å². The number of carbonyl (C=O) groups is 5. The van der Waals surface area contributed by atoms with E-state index in [2.05, 4.69) is 38.5 Å². The topological polar surface area (TPSA) is 308 Å². The Bertz CT molecular complexity index is 2470. The number of fused-ring (bicyclic) bond motifs is 8. The molecule has 0 bridgehead atoms. The lowest BCUT2D eigenvalue weighted by atomic mass is 9.42. The van der Waals surface area contributed by atoms with Crippen molar-refractivity contribution in [1.82, 2.24) is 36.3 Å². The molecule has 7 N–H and O–H groups in total. The van der Waals surface area contributed by atoms with Gasteiger partial charge in [-0.3, -0.25) is 9.59 Å². The van der Waals surface area contributed by atoms with Crippen molar-refractivity contribution in [2.45, 2.75) is 164 Å². The number of alkyl carbamates (subject to hydrolysis) is 1. The number of carboxylic acid groups (broad SMARTS) is 1. The van der Waals surface area contributed by atoms with Crippen LogP contribution in [0.5, 0.6) is 0 Å². The van der Waals surface area contributed by atoms with E-state index in [1.165, 1.54) is 0 Å². The minimum Gasteiger partial charge on any atom is -0.481 e. The van der Waals surface area contributed by atoms with Gasteiger partial charge in [-0.05, 0) is 142 Å². The predicted octanol–water partition coefficient (Wildman–Crippen LogP) is 3.71. The molecule has 1 aromatic heterocycles. The van der Waals surface area contributed by atoms with Gasteiger partial charge < -0.3 is 79.2 Å². The smallest absolute Gasteiger partial charge is 0.407 e. The predicted molar refractivity (Wildman–Crippen MR) is 307 cm³/mol. The van der Waals surface area contributed by atoms with E-state index in [9.17, 15) is 34.2 Å². The Balaban J connectivity index is 0.500. The highest BCUT2D eigenvalue weighted by molar-refractivity contribution is 8.00. The average Bonchev–Trinajstić information content (AvgIpc) is 2.09. The number of amides is 4. The Morgan fingerprint density at radius 1 is 0.800 bits per heavy atom. The number of hydrogen-bond acceptors (Lipinski definition) is 19. The van der Waals surface area contributed by atoms with Gasteiger partial charge >= 0.3 is 24.1 Å². The first-order valence-corrected chi connectivity index (χ1v) is 32.5. The van der Waals surface area contributed by atoms with Crippen LogP contribution in [0.1, 0.15) is 115 Å². The number of rotatable bonds is 33. The van der Waals surface area contributed by atoms with Gasteiger partial charge in [-0.1, -0.05) is 25.5 Å². The molecule has 0 spiro atoms. The van der Waals surface area contributed by atoms with E-state index < -0.39 is 29.2 Å². The van der Waals surface area contributed by atoms with Crippen molar-refractivity contribution in [3.05, 3.63) is 23.0 Å². The van der Waals surface area contributed by atoms with Crippen LogP contribution in [0.2, 0.25) is 0 Å². The lowest BCUT2D eigenvalue weighted by Gasteiger charge is -2.65. The normalized spacial score (nSPS) is 35.1. The summed E-state index contributed by atoms with van der Waals surface area (Å²) in [5, 5.41) is 54.0. The molecule has 3 aliphatic heterocycles. The number of aliphatic hydroxyl groups excluding tert-OH is 1. The van der Waals surface area contributed by atoms with Gasteiger partial charge in [-0.25, -0.2) is 19.1 Å². The second-order valence-corrected chi connectivity index (χ2v) is 26.9. The summed E-state index contributed by atoms with van der Waals surface area (Å²) in [6.45, 7) is 10.6. The summed E-state index contributed by atoms with van der Waals surface area (Å²) in [4.78, 5) is 60.1. The second-order valence-electron chi connectivity index (χ2n) is 25.5. The molecule has 4 unspecified atom stereocenters.